The summed E-state index contributed by atoms with van der Waals surface area (Å²) in [7, 11) is 1.34. The lowest BCUT2D eigenvalue weighted by molar-refractivity contribution is 0.0600. The van der Waals surface area contributed by atoms with Gasteiger partial charge in [-0.25, -0.2) is 4.79 Å². The van der Waals surface area contributed by atoms with Gasteiger partial charge >= 0.3 is 5.97 Å². The Morgan fingerprint density at radius 2 is 1.86 bits per heavy atom. The summed E-state index contributed by atoms with van der Waals surface area (Å²) in [6.07, 6.45) is 1.75. The smallest absolute Gasteiger partial charge is 0.337 e. The minimum atomic E-state index is -0.401. The predicted octanol–water partition coefficient (Wildman–Crippen LogP) is 2.55. The number of ether oxygens (including phenoxy) is 2. The second-order valence-electron chi connectivity index (χ2n) is 6.12. The molecule has 146 valence electrons. The lowest BCUT2D eigenvalue weighted by atomic mass is 10.1. The summed E-state index contributed by atoms with van der Waals surface area (Å²) in [5.74, 6) is 0.865. The van der Waals surface area contributed by atoms with E-state index in [1.807, 2.05) is 31.2 Å². The number of thiazole rings is 1. The van der Waals surface area contributed by atoms with Crippen molar-refractivity contribution in [3.05, 3.63) is 74.5 Å². The number of hydrogen-bond donors (Lipinski definition) is 0. The zero-order valence-corrected chi connectivity index (χ0v) is 16.6. The molecule has 2 aromatic heterocycles. The van der Waals surface area contributed by atoms with Gasteiger partial charge in [0.15, 0.2) is 5.82 Å². The molecule has 0 radical (unpaired) electrons. The molecule has 7 nitrogen and oxygen atoms in total. The van der Waals surface area contributed by atoms with Crippen molar-refractivity contribution < 1.29 is 14.3 Å². The average Bonchev–Trinajstić information content (AvgIpc) is 3.28. The van der Waals surface area contributed by atoms with E-state index in [1.54, 1.807) is 30.3 Å². The van der Waals surface area contributed by atoms with Crippen LogP contribution in [0.4, 0.5) is 0 Å². The SMILES string of the molecule is CCOc1ccc(-c2nc3s/c(=C\c4ccc(C(=O)OC)cc4)c(=O)n3n2)cc1. The molecule has 4 aromatic rings. The molecule has 2 heterocycles. The van der Waals surface area contributed by atoms with Crippen LogP contribution in [0.5, 0.6) is 5.75 Å². The van der Waals surface area contributed by atoms with Crippen LogP contribution in [0.15, 0.2) is 53.3 Å². The van der Waals surface area contributed by atoms with Crippen molar-refractivity contribution in [1.29, 1.82) is 0 Å². The van der Waals surface area contributed by atoms with Crippen LogP contribution in [0.2, 0.25) is 0 Å². The fraction of sp³-hybridized carbons (Fsp3) is 0.143. The molecule has 0 unspecified atom stereocenters. The zero-order valence-electron chi connectivity index (χ0n) is 15.8. The monoisotopic (exact) mass is 407 g/mol. The largest absolute Gasteiger partial charge is 0.494 e. The third-order valence-electron chi connectivity index (χ3n) is 4.23. The molecular formula is C21H17N3O4S. The van der Waals surface area contributed by atoms with Crippen LogP contribution in [0.25, 0.3) is 22.4 Å². The number of carbonyl (C=O) groups is 1. The van der Waals surface area contributed by atoms with E-state index in [2.05, 4.69) is 14.8 Å². The molecule has 0 bridgehead atoms. The van der Waals surface area contributed by atoms with E-state index in [0.29, 0.717) is 27.5 Å². The van der Waals surface area contributed by atoms with Crippen LogP contribution in [-0.2, 0) is 4.74 Å². The van der Waals surface area contributed by atoms with Gasteiger partial charge in [0, 0.05) is 5.56 Å². The van der Waals surface area contributed by atoms with Crippen LogP contribution in [-0.4, -0.2) is 34.3 Å². The highest BCUT2D eigenvalue weighted by atomic mass is 32.1. The second kappa shape index (κ2) is 7.84. The van der Waals surface area contributed by atoms with Crippen LogP contribution < -0.4 is 14.8 Å². The molecule has 0 saturated carbocycles. The summed E-state index contributed by atoms with van der Waals surface area (Å²) in [4.78, 5) is 29.2. The normalized spacial score (nSPS) is 11.7. The molecule has 4 rings (SSSR count). The highest BCUT2D eigenvalue weighted by Crippen LogP contribution is 2.20. The van der Waals surface area contributed by atoms with Gasteiger partial charge in [-0.15, -0.1) is 5.10 Å². The van der Waals surface area contributed by atoms with Gasteiger partial charge in [0.2, 0.25) is 4.96 Å². The number of rotatable bonds is 5. The number of aromatic nitrogens is 3. The molecule has 0 amide bonds. The first-order valence-electron chi connectivity index (χ1n) is 8.92. The molecule has 0 aliphatic carbocycles. The van der Waals surface area contributed by atoms with Gasteiger partial charge < -0.3 is 9.47 Å². The van der Waals surface area contributed by atoms with Crippen LogP contribution in [0.3, 0.4) is 0 Å². The van der Waals surface area contributed by atoms with E-state index in [-0.39, 0.29) is 5.56 Å². The summed E-state index contributed by atoms with van der Waals surface area (Å²) in [5, 5.41) is 4.35. The van der Waals surface area contributed by atoms with Crippen molar-refractivity contribution in [1.82, 2.24) is 14.6 Å². The van der Waals surface area contributed by atoms with Crippen molar-refractivity contribution in [3.63, 3.8) is 0 Å². The number of esters is 1. The fourth-order valence-electron chi connectivity index (χ4n) is 2.81. The van der Waals surface area contributed by atoms with E-state index >= 15 is 0 Å². The summed E-state index contributed by atoms with van der Waals surface area (Å²) < 4.78 is 11.9. The van der Waals surface area contributed by atoms with Gasteiger partial charge in [-0.05, 0) is 55.0 Å². The molecule has 0 spiro atoms. The van der Waals surface area contributed by atoms with Crippen molar-refractivity contribution in [2.75, 3.05) is 13.7 Å². The van der Waals surface area contributed by atoms with E-state index in [0.717, 1.165) is 16.9 Å². The quantitative estimate of drug-likeness (QED) is 0.473. The Hall–Kier alpha value is -3.52. The Morgan fingerprint density at radius 1 is 1.14 bits per heavy atom. The summed E-state index contributed by atoms with van der Waals surface area (Å²) in [6, 6.07) is 14.3. The van der Waals surface area contributed by atoms with Crippen molar-refractivity contribution in [2.24, 2.45) is 0 Å². The Balaban J connectivity index is 1.65. The molecule has 0 atom stereocenters. The Labute approximate surface area is 169 Å². The highest BCUT2D eigenvalue weighted by Gasteiger charge is 2.12. The maximum atomic E-state index is 12.7. The van der Waals surface area contributed by atoms with Gasteiger partial charge in [0.1, 0.15) is 5.75 Å². The summed E-state index contributed by atoms with van der Waals surface area (Å²) >= 11 is 1.27. The van der Waals surface area contributed by atoms with Gasteiger partial charge in [0.05, 0.1) is 23.8 Å². The molecular weight excluding hydrogens is 390 g/mol. The molecule has 0 N–H and O–H groups in total. The Morgan fingerprint density at radius 3 is 2.48 bits per heavy atom. The van der Waals surface area contributed by atoms with Gasteiger partial charge in [-0.1, -0.05) is 23.5 Å². The van der Waals surface area contributed by atoms with Crippen LogP contribution >= 0.6 is 11.3 Å². The molecule has 0 saturated heterocycles. The number of nitrogens with zero attached hydrogens (tertiary/aromatic N) is 3. The summed E-state index contributed by atoms with van der Waals surface area (Å²) in [6.45, 7) is 2.53. The number of methoxy groups -OCH3 is 1. The molecule has 0 fully saturated rings. The Bertz CT molecular complexity index is 1270. The lowest BCUT2D eigenvalue weighted by Crippen LogP contribution is -2.23. The van der Waals surface area contributed by atoms with E-state index < -0.39 is 5.97 Å². The Kier molecular flexibility index (Phi) is 5.09. The number of fused-ring (bicyclic) bond motifs is 1. The van der Waals surface area contributed by atoms with Crippen LogP contribution in [0, 0.1) is 0 Å². The van der Waals surface area contributed by atoms with Gasteiger partial charge in [0.25, 0.3) is 5.56 Å². The first kappa shape index (κ1) is 18.8. The molecule has 0 aliphatic rings. The lowest BCUT2D eigenvalue weighted by Gasteiger charge is -2.02. The minimum Gasteiger partial charge on any atom is -0.494 e. The first-order valence-corrected chi connectivity index (χ1v) is 9.73. The number of benzene rings is 2. The van der Waals surface area contributed by atoms with E-state index in [9.17, 15) is 9.59 Å². The van der Waals surface area contributed by atoms with E-state index in [1.165, 1.54) is 23.0 Å². The third kappa shape index (κ3) is 3.74. The number of carbonyl (C=O) groups excluding carboxylic acids is 1. The summed E-state index contributed by atoms with van der Waals surface area (Å²) in [5.41, 5.74) is 1.83. The second-order valence-corrected chi connectivity index (χ2v) is 7.13. The van der Waals surface area contributed by atoms with Crippen LogP contribution in [0.1, 0.15) is 22.8 Å². The number of hydrogen-bond acceptors (Lipinski definition) is 7. The van der Waals surface area contributed by atoms with E-state index in [4.69, 9.17) is 4.74 Å². The maximum absolute atomic E-state index is 12.7. The molecule has 0 aliphatic heterocycles. The minimum absolute atomic E-state index is 0.230. The molecule has 2 aromatic carbocycles. The third-order valence-corrected chi connectivity index (χ3v) is 5.19. The topological polar surface area (TPSA) is 82.8 Å². The van der Waals surface area contributed by atoms with Crippen molar-refractivity contribution >= 4 is 28.3 Å². The fourth-order valence-corrected chi connectivity index (χ4v) is 3.72. The highest BCUT2D eigenvalue weighted by molar-refractivity contribution is 7.15. The molecule has 8 heteroatoms. The standard InChI is InChI=1S/C21H17N3O4S/c1-3-28-16-10-8-14(9-11-16)18-22-21-24(23-18)19(25)17(29-21)12-13-4-6-15(7-5-13)20(26)27-2/h4-12H,3H2,1-2H3/b17-12-. The maximum Gasteiger partial charge on any atom is 0.337 e. The zero-order chi connectivity index (χ0) is 20.4. The van der Waals surface area contributed by atoms with Crippen molar-refractivity contribution in [2.45, 2.75) is 6.92 Å². The first-order chi connectivity index (χ1) is 14.1. The predicted molar refractivity (Wildman–Crippen MR) is 110 cm³/mol. The average molecular weight is 407 g/mol. The van der Waals surface area contributed by atoms with Gasteiger partial charge in [-0.3, -0.25) is 4.79 Å². The van der Waals surface area contributed by atoms with Gasteiger partial charge in [-0.2, -0.15) is 9.50 Å². The molecule has 29 heavy (non-hydrogen) atoms. The van der Waals surface area contributed by atoms with Crippen molar-refractivity contribution in [3.8, 4) is 17.1 Å².